The largest absolute Gasteiger partial charge is 0.435 e. The van der Waals surface area contributed by atoms with Crippen LogP contribution in [0.15, 0.2) is 18.2 Å². The average molecular weight is 297 g/mol. The third-order valence-electron chi connectivity index (χ3n) is 1.74. The van der Waals surface area contributed by atoms with Crippen molar-refractivity contribution < 1.29 is 22.7 Å². The quantitative estimate of drug-likeness (QED) is 0.629. The summed E-state index contributed by atoms with van der Waals surface area (Å²) in [6.45, 7) is -1.49. The molecule has 0 bridgehead atoms. The predicted molar refractivity (Wildman–Crippen MR) is 55.8 cm³/mol. The Labute approximate surface area is 98.5 Å². The average Bonchev–Trinajstić information content (AvgIpc) is 2.14. The molecule has 0 saturated heterocycles. The molecule has 0 aromatic heterocycles. The zero-order chi connectivity index (χ0) is 12.3. The van der Waals surface area contributed by atoms with Crippen molar-refractivity contribution in [2.24, 2.45) is 0 Å². The minimum atomic E-state index is -3.05. The summed E-state index contributed by atoms with van der Waals surface area (Å²) in [5.41, 5.74) is -0.0139. The number of benzene rings is 1. The van der Waals surface area contributed by atoms with E-state index in [0.29, 0.717) is 0 Å². The molecule has 0 fully saturated rings. The molecule has 0 heterocycles. The molecule has 0 amide bonds. The van der Waals surface area contributed by atoms with E-state index in [2.05, 4.69) is 20.7 Å². The molecule has 88 valence electrons. The molecule has 16 heavy (non-hydrogen) atoms. The summed E-state index contributed by atoms with van der Waals surface area (Å²) in [5, 5.41) is 0. The van der Waals surface area contributed by atoms with Crippen molar-refractivity contribution in [1.82, 2.24) is 0 Å². The molecule has 6 heteroatoms. The van der Waals surface area contributed by atoms with Crippen molar-refractivity contribution in [1.29, 1.82) is 0 Å². The number of alkyl halides is 3. The summed E-state index contributed by atoms with van der Waals surface area (Å²) in [6, 6.07) is 2.84. The maximum Gasteiger partial charge on any atom is 0.387 e. The number of hydrogen-bond donors (Lipinski definition) is 0. The van der Waals surface area contributed by atoms with E-state index in [-0.39, 0.29) is 11.3 Å². The van der Waals surface area contributed by atoms with Crippen LogP contribution in [0.4, 0.5) is 13.2 Å². The van der Waals surface area contributed by atoms with E-state index in [0.717, 1.165) is 18.2 Å². The first-order valence-corrected chi connectivity index (χ1v) is 5.25. The van der Waals surface area contributed by atoms with Gasteiger partial charge in [-0.25, -0.2) is 4.39 Å². The second kappa shape index (κ2) is 5.34. The molecule has 0 spiro atoms. The van der Waals surface area contributed by atoms with Gasteiger partial charge in [0.25, 0.3) is 0 Å². The zero-order valence-corrected chi connectivity index (χ0v) is 9.80. The van der Waals surface area contributed by atoms with Crippen LogP contribution < -0.4 is 4.74 Å². The Morgan fingerprint density at radius 1 is 1.38 bits per heavy atom. The summed E-state index contributed by atoms with van der Waals surface area (Å²) < 4.78 is 40.8. The lowest BCUT2D eigenvalue weighted by molar-refractivity contribution is -0.0500. The SMILES string of the molecule is CC(Br)C(=O)c1cc(F)cc(OC(F)F)c1. The van der Waals surface area contributed by atoms with E-state index >= 15 is 0 Å². The Morgan fingerprint density at radius 2 is 2.00 bits per heavy atom. The number of Topliss-reactive ketones (excluding diaryl/α,β-unsaturated/α-hetero) is 1. The molecule has 0 aliphatic heterocycles. The smallest absolute Gasteiger partial charge is 0.387 e. The lowest BCUT2D eigenvalue weighted by atomic mass is 10.1. The van der Waals surface area contributed by atoms with Gasteiger partial charge < -0.3 is 4.74 Å². The van der Waals surface area contributed by atoms with E-state index in [9.17, 15) is 18.0 Å². The highest BCUT2D eigenvalue weighted by Crippen LogP contribution is 2.20. The highest BCUT2D eigenvalue weighted by atomic mass is 79.9. The molecule has 1 aromatic carbocycles. The van der Waals surface area contributed by atoms with Crippen molar-refractivity contribution in [3.8, 4) is 5.75 Å². The summed E-state index contributed by atoms with van der Waals surface area (Å²) in [4.78, 5) is 11.0. The molecule has 0 saturated carbocycles. The fourth-order valence-corrected chi connectivity index (χ4v) is 1.37. The van der Waals surface area contributed by atoms with Gasteiger partial charge in [0.1, 0.15) is 11.6 Å². The topological polar surface area (TPSA) is 26.3 Å². The van der Waals surface area contributed by atoms with Crippen LogP contribution >= 0.6 is 15.9 Å². The van der Waals surface area contributed by atoms with E-state index in [4.69, 9.17) is 0 Å². The second-order valence-electron chi connectivity index (χ2n) is 3.03. The lowest BCUT2D eigenvalue weighted by Crippen LogP contribution is -2.11. The standard InChI is InChI=1S/C10H8BrF3O2/c1-5(11)9(15)6-2-7(12)4-8(3-6)16-10(13)14/h2-5,10H,1H3. The van der Waals surface area contributed by atoms with Gasteiger partial charge in [-0.2, -0.15) is 8.78 Å². The van der Waals surface area contributed by atoms with Gasteiger partial charge in [-0.15, -0.1) is 0 Å². The van der Waals surface area contributed by atoms with Gasteiger partial charge in [-0.3, -0.25) is 4.79 Å². The number of carbonyl (C=O) groups excluding carboxylic acids is 1. The van der Waals surface area contributed by atoms with Gasteiger partial charge in [0, 0.05) is 11.6 Å². The van der Waals surface area contributed by atoms with Gasteiger partial charge in [-0.1, -0.05) is 15.9 Å². The fourth-order valence-electron chi connectivity index (χ4n) is 1.11. The first-order valence-electron chi connectivity index (χ1n) is 4.34. The molecule has 2 nitrogen and oxygen atoms in total. The molecule has 0 radical (unpaired) electrons. The summed E-state index contributed by atoms with van der Waals surface area (Å²) in [7, 11) is 0. The van der Waals surface area contributed by atoms with E-state index < -0.39 is 23.0 Å². The normalized spacial score (nSPS) is 12.6. The van der Waals surface area contributed by atoms with Crippen LogP contribution in [0.1, 0.15) is 17.3 Å². The molecule has 1 aromatic rings. The summed E-state index contributed by atoms with van der Waals surface area (Å²) in [5.74, 6) is -1.57. The first-order chi connectivity index (χ1) is 7.40. The maximum atomic E-state index is 13.0. The van der Waals surface area contributed by atoms with Gasteiger partial charge in [-0.05, 0) is 19.1 Å². The van der Waals surface area contributed by atoms with Gasteiger partial charge in [0.15, 0.2) is 5.78 Å². The molecule has 1 atom stereocenters. The Hall–Kier alpha value is -1.04. The number of halogens is 4. The lowest BCUT2D eigenvalue weighted by Gasteiger charge is -2.07. The number of ketones is 1. The number of rotatable bonds is 4. The third-order valence-corrected chi connectivity index (χ3v) is 2.16. The van der Waals surface area contributed by atoms with Crippen molar-refractivity contribution in [3.63, 3.8) is 0 Å². The number of carbonyl (C=O) groups is 1. The van der Waals surface area contributed by atoms with E-state index in [1.807, 2.05) is 0 Å². The Bertz CT molecular complexity index is 394. The molecule has 0 aliphatic carbocycles. The summed E-state index contributed by atoms with van der Waals surface area (Å²) in [6.07, 6.45) is 0. The third kappa shape index (κ3) is 3.52. The van der Waals surface area contributed by atoms with Crippen LogP contribution in [-0.2, 0) is 0 Å². The minimum absolute atomic E-state index is 0.0139. The van der Waals surface area contributed by atoms with Crippen LogP contribution in [0.2, 0.25) is 0 Å². The molecule has 0 N–H and O–H groups in total. The predicted octanol–water partition coefficient (Wildman–Crippen LogP) is 3.39. The minimum Gasteiger partial charge on any atom is -0.435 e. The fraction of sp³-hybridized carbons (Fsp3) is 0.300. The first kappa shape index (κ1) is 13.0. The van der Waals surface area contributed by atoms with E-state index in [1.54, 1.807) is 6.92 Å². The van der Waals surface area contributed by atoms with Crippen LogP contribution in [0.3, 0.4) is 0 Å². The zero-order valence-electron chi connectivity index (χ0n) is 8.22. The van der Waals surface area contributed by atoms with E-state index in [1.165, 1.54) is 0 Å². The van der Waals surface area contributed by atoms with Crippen molar-refractivity contribution in [3.05, 3.63) is 29.6 Å². The Balaban J connectivity index is 3.03. The molecule has 1 unspecified atom stereocenters. The molecule has 1 rings (SSSR count). The van der Waals surface area contributed by atoms with Gasteiger partial charge in [0.2, 0.25) is 0 Å². The second-order valence-corrected chi connectivity index (χ2v) is 4.41. The van der Waals surface area contributed by atoms with Gasteiger partial charge in [0.05, 0.1) is 4.83 Å². The Kier molecular flexibility index (Phi) is 4.35. The molecular weight excluding hydrogens is 289 g/mol. The van der Waals surface area contributed by atoms with Crippen LogP contribution in [-0.4, -0.2) is 17.2 Å². The van der Waals surface area contributed by atoms with Crippen LogP contribution in [0, 0.1) is 5.82 Å². The molecule has 0 aliphatic rings. The number of ether oxygens (including phenoxy) is 1. The number of hydrogen-bond acceptors (Lipinski definition) is 2. The monoisotopic (exact) mass is 296 g/mol. The van der Waals surface area contributed by atoms with Crippen LogP contribution in [0.25, 0.3) is 0 Å². The van der Waals surface area contributed by atoms with Crippen LogP contribution in [0.5, 0.6) is 5.75 Å². The van der Waals surface area contributed by atoms with Crippen molar-refractivity contribution >= 4 is 21.7 Å². The highest BCUT2D eigenvalue weighted by Gasteiger charge is 2.15. The highest BCUT2D eigenvalue weighted by molar-refractivity contribution is 9.10. The van der Waals surface area contributed by atoms with Gasteiger partial charge >= 0.3 is 6.61 Å². The Morgan fingerprint density at radius 3 is 2.50 bits per heavy atom. The molecular formula is C10H8BrF3O2. The van der Waals surface area contributed by atoms with Crippen molar-refractivity contribution in [2.75, 3.05) is 0 Å². The van der Waals surface area contributed by atoms with Crippen molar-refractivity contribution in [2.45, 2.75) is 18.4 Å². The maximum absolute atomic E-state index is 13.0. The summed E-state index contributed by atoms with van der Waals surface area (Å²) >= 11 is 3.02.